The Labute approximate surface area is 222 Å². The van der Waals surface area contributed by atoms with Crippen LogP contribution in [-0.2, 0) is 6.54 Å². The maximum absolute atomic E-state index is 13.7. The number of nitrogens with two attached hydrogens (primary N) is 3. The molecular formula is C25H30F3N9O2. The van der Waals surface area contributed by atoms with E-state index in [9.17, 15) is 22.8 Å². The number of nitrogens with zero attached hydrogens (tertiary/aromatic N) is 3. The Kier molecular flexibility index (Phi) is 10.4. The third-order valence-electron chi connectivity index (χ3n) is 5.57. The van der Waals surface area contributed by atoms with Crippen LogP contribution in [0.5, 0.6) is 0 Å². The number of urea groups is 1. The molecule has 14 heteroatoms. The molecule has 0 fully saturated rings. The van der Waals surface area contributed by atoms with Crippen molar-refractivity contribution < 1.29 is 18.0 Å². The first kappa shape index (κ1) is 29.1. The summed E-state index contributed by atoms with van der Waals surface area (Å²) in [4.78, 5) is 37.4. The normalized spacial score (nSPS) is 10.9. The molecule has 0 aliphatic rings. The highest BCUT2D eigenvalue weighted by Gasteiger charge is 2.14. The molecule has 208 valence electrons. The number of nitrogens with one attached hydrogen (secondary N) is 3. The summed E-state index contributed by atoms with van der Waals surface area (Å²) in [5.41, 5.74) is 17.2. The first-order chi connectivity index (χ1) is 18.7. The van der Waals surface area contributed by atoms with Gasteiger partial charge in [-0.3, -0.25) is 25.0 Å². The first-order valence-electron chi connectivity index (χ1n) is 12.0. The lowest BCUT2D eigenvalue weighted by Gasteiger charge is -2.22. The van der Waals surface area contributed by atoms with E-state index in [4.69, 9.17) is 17.2 Å². The number of halogens is 3. The van der Waals surface area contributed by atoms with Gasteiger partial charge in [0.2, 0.25) is 5.95 Å². The van der Waals surface area contributed by atoms with Gasteiger partial charge in [0, 0.05) is 38.0 Å². The van der Waals surface area contributed by atoms with Gasteiger partial charge >= 0.3 is 6.03 Å². The maximum atomic E-state index is 13.7. The van der Waals surface area contributed by atoms with Crippen molar-refractivity contribution in [3.8, 4) is 11.1 Å². The van der Waals surface area contributed by atoms with Crippen LogP contribution in [0.1, 0.15) is 18.4 Å². The third-order valence-corrected chi connectivity index (χ3v) is 5.57. The molecule has 9 N–H and O–H groups in total. The minimum Gasteiger partial charge on any atom is -0.370 e. The van der Waals surface area contributed by atoms with Gasteiger partial charge in [-0.05, 0) is 37.1 Å². The minimum atomic E-state index is -1.39. The Morgan fingerprint density at radius 1 is 1.00 bits per heavy atom. The number of aliphatic imine (C=N–C) groups is 1. The summed E-state index contributed by atoms with van der Waals surface area (Å²) in [6.07, 6.45) is 2.91. The number of H-pyrrole nitrogens is 1. The zero-order valence-corrected chi connectivity index (χ0v) is 21.0. The van der Waals surface area contributed by atoms with Crippen LogP contribution in [0.4, 0.5) is 29.6 Å². The summed E-state index contributed by atoms with van der Waals surface area (Å²) in [6, 6.07) is 7.15. The molecule has 3 rings (SSSR count). The molecule has 0 spiro atoms. The Morgan fingerprint density at radius 2 is 1.69 bits per heavy atom. The van der Waals surface area contributed by atoms with E-state index in [1.54, 1.807) is 12.1 Å². The maximum Gasteiger partial charge on any atom is 0.326 e. The van der Waals surface area contributed by atoms with E-state index in [2.05, 4.69) is 25.2 Å². The number of carbonyl (C=O) groups excluding carboxylic acids is 1. The number of aromatic nitrogens is 2. The van der Waals surface area contributed by atoms with Crippen LogP contribution in [0.2, 0.25) is 0 Å². The first-order valence-corrected chi connectivity index (χ1v) is 12.0. The van der Waals surface area contributed by atoms with E-state index < -0.39 is 34.7 Å². The van der Waals surface area contributed by atoms with Gasteiger partial charge in [0.1, 0.15) is 5.82 Å². The lowest BCUT2D eigenvalue weighted by atomic mass is 10.1. The molecule has 1 aromatic heterocycles. The van der Waals surface area contributed by atoms with Crippen LogP contribution in [-0.4, -0.2) is 53.0 Å². The van der Waals surface area contributed by atoms with Gasteiger partial charge in [-0.25, -0.2) is 22.9 Å². The van der Waals surface area contributed by atoms with E-state index in [0.717, 1.165) is 31.5 Å². The average molecular weight is 546 g/mol. The zero-order chi connectivity index (χ0) is 28.4. The number of aromatic amines is 1. The smallest absolute Gasteiger partial charge is 0.326 e. The molecule has 2 amide bonds. The van der Waals surface area contributed by atoms with Gasteiger partial charge in [-0.1, -0.05) is 24.3 Å². The molecule has 2 aromatic carbocycles. The van der Waals surface area contributed by atoms with Crippen molar-refractivity contribution in [3.63, 3.8) is 0 Å². The summed E-state index contributed by atoms with van der Waals surface area (Å²) in [5.74, 6) is -4.06. The quantitative estimate of drug-likeness (QED) is 0.0874. The van der Waals surface area contributed by atoms with Crippen molar-refractivity contribution >= 4 is 23.6 Å². The summed E-state index contributed by atoms with van der Waals surface area (Å²) < 4.78 is 40.1. The van der Waals surface area contributed by atoms with Gasteiger partial charge in [0.05, 0.1) is 11.3 Å². The Hall–Kier alpha value is -4.43. The van der Waals surface area contributed by atoms with Gasteiger partial charge in [0.25, 0.3) is 5.56 Å². The highest BCUT2D eigenvalue weighted by molar-refractivity contribution is 5.98. The third kappa shape index (κ3) is 8.83. The topological polar surface area (TPSA) is 181 Å². The van der Waals surface area contributed by atoms with Crippen molar-refractivity contribution in [2.75, 3.05) is 36.8 Å². The highest BCUT2D eigenvalue weighted by atomic mass is 19.2. The fourth-order valence-corrected chi connectivity index (χ4v) is 3.68. The standard InChI is InChI=1S/C25H30F3N9O2/c26-18-11-20(28)21(12-19(18)27)34-25(39)36-24-33-13-17(22(38)35-24)16-5-3-15(4-6-16)14-37(9-1-7-29)10-2-8-32-23(30)31/h3-6,11-13H,1-2,7-10,14,29H2,(H4,30,31,32)(H3,33,34,35,36,38,39). The van der Waals surface area contributed by atoms with Crippen molar-refractivity contribution in [2.45, 2.75) is 19.4 Å². The van der Waals surface area contributed by atoms with Gasteiger partial charge in [0.15, 0.2) is 17.6 Å². The highest BCUT2D eigenvalue weighted by Crippen LogP contribution is 2.19. The molecule has 0 saturated carbocycles. The van der Waals surface area contributed by atoms with Gasteiger partial charge < -0.3 is 22.5 Å². The molecule has 0 radical (unpaired) electrons. The van der Waals surface area contributed by atoms with Crippen molar-refractivity contribution in [2.24, 2.45) is 22.2 Å². The second-order valence-corrected chi connectivity index (χ2v) is 8.58. The second-order valence-electron chi connectivity index (χ2n) is 8.58. The summed E-state index contributed by atoms with van der Waals surface area (Å²) >= 11 is 0. The molecule has 0 bridgehead atoms. The second kappa shape index (κ2) is 13.9. The van der Waals surface area contributed by atoms with E-state index in [-0.39, 0.29) is 17.5 Å². The van der Waals surface area contributed by atoms with Crippen LogP contribution < -0.4 is 33.4 Å². The Morgan fingerprint density at radius 3 is 2.36 bits per heavy atom. The predicted molar refractivity (Wildman–Crippen MR) is 143 cm³/mol. The van der Waals surface area contributed by atoms with Crippen molar-refractivity contribution in [1.29, 1.82) is 0 Å². The van der Waals surface area contributed by atoms with Crippen LogP contribution in [0.25, 0.3) is 11.1 Å². The molecule has 0 unspecified atom stereocenters. The molecule has 39 heavy (non-hydrogen) atoms. The monoisotopic (exact) mass is 545 g/mol. The summed E-state index contributed by atoms with van der Waals surface area (Å²) in [7, 11) is 0. The molecule has 1 heterocycles. The largest absolute Gasteiger partial charge is 0.370 e. The predicted octanol–water partition coefficient (Wildman–Crippen LogP) is 2.31. The number of guanidine groups is 1. The number of benzene rings is 2. The van der Waals surface area contributed by atoms with Gasteiger partial charge in [-0.2, -0.15) is 0 Å². The average Bonchev–Trinajstić information content (AvgIpc) is 2.88. The van der Waals surface area contributed by atoms with E-state index in [0.29, 0.717) is 37.3 Å². The number of hydrogen-bond donors (Lipinski definition) is 6. The SMILES string of the molecule is NCCCN(CCCN=C(N)N)Cc1ccc(-c2cnc(NC(=O)Nc3cc(F)c(F)cc3F)[nH]c2=O)cc1. The number of rotatable bonds is 12. The fourth-order valence-electron chi connectivity index (χ4n) is 3.68. The van der Waals surface area contributed by atoms with Crippen LogP contribution >= 0.6 is 0 Å². The molecular weight excluding hydrogens is 515 g/mol. The Balaban J connectivity index is 1.63. The number of hydrogen-bond acceptors (Lipinski definition) is 6. The van der Waals surface area contributed by atoms with E-state index in [1.165, 1.54) is 6.20 Å². The van der Waals surface area contributed by atoms with Gasteiger partial charge in [-0.15, -0.1) is 0 Å². The lowest BCUT2D eigenvalue weighted by Crippen LogP contribution is -2.28. The van der Waals surface area contributed by atoms with Crippen molar-refractivity contribution in [3.05, 3.63) is 76.0 Å². The van der Waals surface area contributed by atoms with Crippen LogP contribution in [0.15, 0.2) is 52.4 Å². The van der Waals surface area contributed by atoms with E-state index in [1.807, 2.05) is 17.4 Å². The number of carbonyl (C=O) groups is 1. The van der Waals surface area contributed by atoms with Crippen LogP contribution in [0, 0.1) is 17.5 Å². The van der Waals surface area contributed by atoms with E-state index >= 15 is 0 Å². The Bertz CT molecular complexity index is 1360. The molecule has 0 saturated heterocycles. The van der Waals surface area contributed by atoms with Crippen LogP contribution in [0.3, 0.4) is 0 Å². The zero-order valence-electron chi connectivity index (χ0n) is 21.0. The lowest BCUT2D eigenvalue weighted by molar-refractivity contribution is 0.262. The molecule has 11 nitrogen and oxygen atoms in total. The molecule has 0 atom stereocenters. The fraction of sp³-hybridized carbons (Fsp3) is 0.280. The molecule has 3 aromatic rings. The summed E-state index contributed by atoms with van der Waals surface area (Å²) in [5, 5.41) is 4.24. The minimum absolute atomic E-state index is 0.0627. The number of anilines is 2. The molecule has 0 aliphatic carbocycles. The molecule has 0 aliphatic heterocycles. The summed E-state index contributed by atoms with van der Waals surface area (Å²) in [6.45, 7) is 3.38. The van der Waals surface area contributed by atoms with Crippen molar-refractivity contribution in [1.82, 2.24) is 14.9 Å². The number of amides is 2.